The molecule has 0 saturated heterocycles. The second-order valence-corrected chi connectivity index (χ2v) is 6.50. The van der Waals surface area contributed by atoms with Crippen molar-refractivity contribution < 1.29 is 18.1 Å². The summed E-state index contributed by atoms with van der Waals surface area (Å²) in [6, 6.07) is 0. The summed E-state index contributed by atoms with van der Waals surface area (Å²) in [5.74, 6) is -0.232. The number of rotatable bonds is 4. The zero-order chi connectivity index (χ0) is 14.1. The van der Waals surface area contributed by atoms with Crippen LogP contribution in [0.1, 0.15) is 0 Å². The van der Waals surface area contributed by atoms with E-state index in [1.54, 1.807) is 0 Å². The predicted octanol–water partition coefficient (Wildman–Crippen LogP) is 5.73. The summed E-state index contributed by atoms with van der Waals surface area (Å²) in [5.41, 5.74) is 0. The molecule has 0 aromatic heterocycles. The molecule has 1 rings (SSSR count). The lowest BCUT2D eigenvalue weighted by Crippen LogP contribution is -1.99. The average molecular weight is 374 g/mol. The Hall–Kier alpha value is 0.620. The Morgan fingerprint density at radius 3 is 1.44 bits per heavy atom. The second-order valence-electron chi connectivity index (χ2n) is 2.80. The number of phosphoric ester groups is 1. The van der Waals surface area contributed by atoms with Crippen molar-refractivity contribution in [2.24, 2.45) is 0 Å². The van der Waals surface area contributed by atoms with E-state index in [9.17, 15) is 4.57 Å². The molecule has 0 aliphatic heterocycles. The van der Waals surface area contributed by atoms with Crippen LogP contribution in [0.15, 0.2) is 0 Å². The summed E-state index contributed by atoms with van der Waals surface area (Å²) in [6.07, 6.45) is 0. The third-order valence-corrected chi connectivity index (χ3v) is 5.36. The lowest BCUT2D eigenvalue weighted by molar-refractivity contribution is 0.211. The van der Waals surface area contributed by atoms with Crippen molar-refractivity contribution in [1.29, 1.82) is 0 Å². The van der Waals surface area contributed by atoms with Crippen LogP contribution in [0.5, 0.6) is 5.75 Å². The zero-order valence-corrected chi connectivity index (χ0v) is 13.6. The molecule has 0 amide bonds. The minimum Gasteiger partial charge on any atom is -0.401 e. The monoisotopic (exact) mass is 372 g/mol. The number of phosphoric acid groups is 1. The van der Waals surface area contributed by atoms with E-state index in [0.29, 0.717) is 0 Å². The minimum absolute atomic E-state index is 0.0367. The fourth-order valence-electron chi connectivity index (χ4n) is 0.926. The van der Waals surface area contributed by atoms with Gasteiger partial charge in [-0.05, 0) is 0 Å². The summed E-state index contributed by atoms with van der Waals surface area (Å²) < 4.78 is 26.0. The van der Waals surface area contributed by atoms with Gasteiger partial charge in [0.15, 0.2) is 5.75 Å². The van der Waals surface area contributed by atoms with E-state index >= 15 is 0 Å². The first-order valence-electron chi connectivity index (χ1n) is 4.20. The molecule has 1 aromatic carbocycles. The van der Waals surface area contributed by atoms with Crippen molar-refractivity contribution in [3.63, 3.8) is 0 Å². The summed E-state index contributed by atoms with van der Waals surface area (Å²) in [5, 5.41) is -0.496. The first-order valence-corrected chi connectivity index (χ1v) is 7.55. The van der Waals surface area contributed by atoms with Gasteiger partial charge in [-0.3, -0.25) is 9.05 Å². The van der Waals surface area contributed by atoms with Gasteiger partial charge >= 0.3 is 7.82 Å². The van der Waals surface area contributed by atoms with Gasteiger partial charge in [0.2, 0.25) is 0 Å². The van der Waals surface area contributed by atoms with Crippen LogP contribution in [0.4, 0.5) is 0 Å². The normalized spacial score (nSPS) is 11.7. The number of hydrogen-bond donors (Lipinski definition) is 0. The van der Waals surface area contributed by atoms with Crippen LogP contribution in [-0.2, 0) is 13.6 Å². The van der Waals surface area contributed by atoms with Crippen LogP contribution >= 0.6 is 65.8 Å². The summed E-state index contributed by atoms with van der Waals surface area (Å²) >= 11 is 29.2. The quantitative estimate of drug-likeness (QED) is 0.383. The molecule has 0 heterocycles. The van der Waals surface area contributed by atoms with Gasteiger partial charge < -0.3 is 4.52 Å². The van der Waals surface area contributed by atoms with E-state index in [1.807, 2.05) is 0 Å². The van der Waals surface area contributed by atoms with E-state index in [-0.39, 0.29) is 30.9 Å². The van der Waals surface area contributed by atoms with Crippen LogP contribution in [-0.4, -0.2) is 14.2 Å². The first kappa shape index (κ1) is 16.7. The molecule has 1 aromatic rings. The molecule has 0 unspecified atom stereocenters. The van der Waals surface area contributed by atoms with Gasteiger partial charge in [-0.1, -0.05) is 58.0 Å². The fourth-order valence-corrected chi connectivity index (χ4v) is 2.94. The molecular weight excluding hydrogens is 368 g/mol. The van der Waals surface area contributed by atoms with Crippen molar-refractivity contribution in [1.82, 2.24) is 0 Å². The zero-order valence-electron chi connectivity index (χ0n) is 8.97. The van der Waals surface area contributed by atoms with Gasteiger partial charge in [-0.2, -0.15) is 0 Å². The van der Waals surface area contributed by atoms with Gasteiger partial charge in [0.05, 0.1) is 15.1 Å². The van der Waals surface area contributed by atoms with Gasteiger partial charge in [0.1, 0.15) is 10.0 Å². The maximum Gasteiger partial charge on any atom is 0.529 e. The highest BCUT2D eigenvalue weighted by Gasteiger charge is 2.30. The van der Waals surface area contributed by atoms with Crippen molar-refractivity contribution in [3.8, 4) is 5.75 Å². The van der Waals surface area contributed by atoms with E-state index in [1.165, 1.54) is 0 Å². The maximum atomic E-state index is 11.8. The van der Waals surface area contributed by atoms with Crippen LogP contribution in [0.3, 0.4) is 0 Å². The van der Waals surface area contributed by atoms with E-state index in [4.69, 9.17) is 62.5 Å². The average Bonchev–Trinajstić information content (AvgIpc) is 2.39. The number of halogens is 5. The van der Waals surface area contributed by atoms with Crippen LogP contribution in [0.2, 0.25) is 25.1 Å². The molecule has 10 heteroatoms. The molecule has 0 aliphatic carbocycles. The van der Waals surface area contributed by atoms with Crippen molar-refractivity contribution in [2.75, 3.05) is 14.2 Å². The van der Waals surface area contributed by atoms with E-state index < -0.39 is 7.82 Å². The Morgan fingerprint density at radius 1 is 0.778 bits per heavy atom. The Labute approximate surface area is 129 Å². The third kappa shape index (κ3) is 3.20. The standard InChI is InChI=1S/C8H6Cl5O4P/c1-15-18(14,16-2)17-8-6(12)4(10)3(9)5(11)7(8)13/h1-2H3. The molecule has 4 nitrogen and oxygen atoms in total. The summed E-state index contributed by atoms with van der Waals surface area (Å²) in [7, 11) is -1.58. The molecule has 102 valence electrons. The highest BCUT2D eigenvalue weighted by atomic mass is 35.5. The molecule has 0 radical (unpaired) electrons. The highest BCUT2D eigenvalue weighted by molar-refractivity contribution is 7.48. The van der Waals surface area contributed by atoms with Gasteiger partial charge in [0, 0.05) is 14.2 Å². The largest absolute Gasteiger partial charge is 0.529 e. The molecule has 0 fully saturated rings. The molecule has 0 aliphatic rings. The Balaban J connectivity index is 3.39. The molecule has 0 spiro atoms. The van der Waals surface area contributed by atoms with Crippen LogP contribution in [0.25, 0.3) is 0 Å². The van der Waals surface area contributed by atoms with Crippen molar-refractivity contribution >= 4 is 65.8 Å². The predicted molar refractivity (Wildman–Crippen MR) is 73.7 cm³/mol. The summed E-state index contributed by atoms with van der Waals surface area (Å²) in [4.78, 5) is 0. The molecule has 0 N–H and O–H groups in total. The van der Waals surface area contributed by atoms with Gasteiger partial charge in [-0.25, -0.2) is 4.57 Å². The molecule has 0 atom stereocenters. The first-order chi connectivity index (χ1) is 8.27. The highest BCUT2D eigenvalue weighted by Crippen LogP contribution is 2.55. The summed E-state index contributed by atoms with van der Waals surface area (Å²) in [6.45, 7) is 0. The molecule has 0 bridgehead atoms. The Morgan fingerprint density at radius 2 is 1.11 bits per heavy atom. The van der Waals surface area contributed by atoms with E-state index in [0.717, 1.165) is 14.2 Å². The molecule has 0 saturated carbocycles. The smallest absolute Gasteiger partial charge is 0.401 e. The SMILES string of the molecule is COP(=O)(OC)Oc1c(Cl)c(Cl)c(Cl)c(Cl)c1Cl. The Bertz CT molecular complexity index is 484. The third-order valence-electron chi connectivity index (χ3n) is 1.82. The maximum absolute atomic E-state index is 11.8. The van der Waals surface area contributed by atoms with E-state index in [2.05, 4.69) is 9.05 Å². The number of benzene rings is 1. The molecular formula is C8H6Cl5O4P. The molecule has 18 heavy (non-hydrogen) atoms. The van der Waals surface area contributed by atoms with Crippen LogP contribution in [0, 0.1) is 0 Å². The topological polar surface area (TPSA) is 44.8 Å². The van der Waals surface area contributed by atoms with Gasteiger partial charge in [0.25, 0.3) is 0 Å². The lowest BCUT2D eigenvalue weighted by Gasteiger charge is -2.17. The second kappa shape index (κ2) is 6.38. The number of hydrogen-bond acceptors (Lipinski definition) is 4. The van der Waals surface area contributed by atoms with Crippen LogP contribution < -0.4 is 4.52 Å². The lowest BCUT2D eigenvalue weighted by atomic mass is 10.3. The van der Waals surface area contributed by atoms with Crippen molar-refractivity contribution in [3.05, 3.63) is 25.1 Å². The fraction of sp³-hybridized carbons (Fsp3) is 0.250. The Kier molecular flexibility index (Phi) is 5.91. The van der Waals surface area contributed by atoms with Gasteiger partial charge in [-0.15, -0.1) is 0 Å². The minimum atomic E-state index is -3.84. The van der Waals surface area contributed by atoms with Crippen molar-refractivity contribution in [2.45, 2.75) is 0 Å².